The molecule has 31 heteroatoms. The molecule has 2 aliphatic rings. The SMILES string of the molecule is CCOC(=O)[C@@H](OC(C)(C)C)c1c(C)cc2nc(-c3ccc4c(c3)c(Br)nn4C)sc2c1-c1ccc(Cl)cc1.CCOC(=O)[C@@H](OC(C)(C)C)c1c(C)cc2nc(-c3ccc4c(c3)c(C3CN(C(=O)OC(C)(C)C)C3)nn4C)sc2c1-c1ccc(Cl)cc1.Cc1cc2nc(-c3ccc4c(c3)c(C3CN(C(=O)OC(C)(C)C)C3)nn4C)sc2c(-c2ccc(Cl)cc2)c1[C@H](OC(C)(C)C)C(=O)O. The zero-order valence-electron chi connectivity index (χ0n) is 80.0. The summed E-state index contributed by atoms with van der Waals surface area (Å²) in [4.78, 5) is 83.4. The third-order valence-electron chi connectivity index (χ3n) is 22.8. The quantitative estimate of drug-likeness (QED) is 0.0582. The summed E-state index contributed by atoms with van der Waals surface area (Å²) >= 11 is 27.1. The van der Waals surface area contributed by atoms with Gasteiger partial charge in [-0.05, 0) is 297 Å². The number of benzene rings is 9. The molecule has 0 saturated carbocycles. The molecule has 8 heterocycles. The number of thiazole rings is 3. The van der Waals surface area contributed by atoms with Crippen LogP contribution < -0.4 is 0 Å². The summed E-state index contributed by atoms with van der Waals surface area (Å²) in [6.45, 7) is 40.5. The van der Waals surface area contributed by atoms with Gasteiger partial charge in [0.15, 0.2) is 18.3 Å². The molecule has 0 aliphatic carbocycles. The number of aliphatic carboxylic acids is 1. The van der Waals surface area contributed by atoms with Gasteiger partial charge in [0, 0.05) is 140 Å². The number of halogens is 4. The van der Waals surface area contributed by atoms with Crippen LogP contribution in [0.3, 0.4) is 0 Å². The number of likely N-dealkylation sites (tertiary alicyclic amines) is 2. The fourth-order valence-corrected chi connectivity index (χ4v) is 21.3. The fraction of sp³-hybridized carbons (Fsp3) is 0.375. The van der Waals surface area contributed by atoms with Crippen molar-refractivity contribution in [3.05, 3.63) is 210 Å². The molecule has 0 spiro atoms. The highest BCUT2D eigenvalue weighted by Gasteiger charge is 2.42. The Morgan fingerprint density at radius 2 is 0.689 bits per heavy atom. The Hall–Kier alpha value is -10.8. The van der Waals surface area contributed by atoms with Gasteiger partial charge in [0.25, 0.3) is 0 Å². The average molecular weight is 2010 g/mol. The van der Waals surface area contributed by atoms with Gasteiger partial charge in [-0.25, -0.2) is 38.9 Å². The minimum atomic E-state index is -1.19. The van der Waals surface area contributed by atoms with E-state index in [4.69, 9.17) is 93.1 Å². The smallest absolute Gasteiger partial charge is 0.410 e. The van der Waals surface area contributed by atoms with E-state index < -0.39 is 64.2 Å². The monoisotopic (exact) mass is 2000 g/mol. The fourth-order valence-electron chi connectivity index (χ4n) is 17.0. The van der Waals surface area contributed by atoms with E-state index in [2.05, 4.69) is 63.5 Å². The van der Waals surface area contributed by atoms with Gasteiger partial charge in [0.1, 0.15) is 30.8 Å². The second-order valence-electron chi connectivity index (χ2n) is 39.0. The number of carboxylic acid groups (broad SMARTS) is 1. The number of hydrogen-bond donors (Lipinski definition) is 1. The molecule has 2 saturated heterocycles. The molecular formula is C104H111BrCl3N11O13S3. The number of carbonyl (C=O) groups excluding carboxylic acids is 4. The zero-order chi connectivity index (χ0) is 97.5. The van der Waals surface area contributed by atoms with Crippen LogP contribution in [-0.2, 0) is 68.7 Å². The summed E-state index contributed by atoms with van der Waals surface area (Å²) in [6.07, 6.45) is -3.66. The normalized spacial score (nSPS) is 14.2. The Labute approximate surface area is 820 Å². The van der Waals surface area contributed by atoms with E-state index in [0.29, 0.717) is 46.8 Å². The first-order valence-corrected chi connectivity index (χ1v) is 49.1. The van der Waals surface area contributed by atoms with Crippen LogP contribution in [0.2, 0.25) is 15.1 Å². The van der Waals surface area contributed by atoms with E-state index in [1.165, 1.54) is 11.3 Å². The van der Waals surface area contributed by atoms with E-state index >= 15 is 0 Å². The number of nitrogens with zero attached hydrogens (tertiary/aromatic N) is 11. The van der Waals surface area contributed by atoms with Gasteiger partial charge in [-0.1, -0.05) is 71.2 Å². The number of fused-ring (bicyclic) bond motifs is 6. The van der Waals surface area contributed by atoms with Crippen molar-refractivity contribution in [2.45, 2.75) is 197 Å². The number of ether oxygens (including phenoxy) is 7. The molecule has 0 unspecified atom stereocenters. The van der Waals surface area contributed by atoms with Crippen LogP contribution in [0.1, 0.15) is 193 Å². The number of aromatic nitrogens is 9. The minimum absolute atomic E-state index is 0.0920. The van der Waals surface area contributed by atoms with E-state index in [0.717, 1.165) is 172 Å². The van der Waals surface area contributed by atoms with Gasteiger partial charge in [-0.15, -0.1) is 34.0 Å². The third kappa shape index (κ3) is 21.7. The molecular weight excluding hydrogens is 1890 g/mol. The van der Waals surface area contributed by atoms with Crippen molar-refractivity contribution >= 4 is 178 Å². The topological polar surface area (TPSA) is 269 Å². The Kier molecular flexibility index (Phi) is 28.3. The van der Waals surface area contributed by atoms with E-state index in [9.17, 15) is 29.1 Å². The zero-order valence-corrected chi connectivity index (χ0v) is 86.3. The van der Waals surface area contributed by atoms with Crippen molar-refractivity contribution in [3.8, 4) is 65.1 Å². The van der Waals surface area contributed by atoms with Crippen LogP contribution in [0.4, 0.5) is 9.59 Å². The minimum Gasteiger partial charge on any atom is -0.479 e. The number of amides is 2. The van der Waals surface area contributed by atoms with Crippen LogP contribution in [0, 0.1) is 20.8 Å². The molecule has 6 aromatic heterocycles. The summed E-state index contributed by atoms with van der Waals surface area (Å²) in [5.41, 5.74) is 17.2. The summed E-state index contributed by atoms with van der Waals surface area (Å²) in [5, 5.41) is 32.0. The van der Waals surface area contributed by atoms with Gasteiger partial charge in [-0.2, -0.15) is 15.3 Å². The summed E-state index contributed by atoms with van der Waals surface area (Å²) in [7, 11) is 5.79. The number of carboxylic acids is 1. The van der Waals surface area contributed by atoms with Crippen LogP contribution in [-0.4, -0.2) is 157 Å². The third-order valence-corrected chi connectivity index (χ3v) is 27.5. The van der Waals surface area contributed by atoms with Gasteiger partial charge >= 0.3 is 30.1 Å². The predicted molar refractivity (Wildman–Crippen MR) is 544 cm³/mol. The molecule has 9 aromatic carbocycles. The lowest BCUT2D eigenvalue weighted by atomic mass is 9.91. The van der Waals surface area contributed by atoms with Crippen molar-refractivity contribution in [2.75, 3.05) is 39.4 Å². The lowest BCUT2D eigenvalue weighted by Crippen LogP contribution is -2.50. The maximum Gasteiger partial charge on any atom is 0.410 e. The molecule has 17 rings (SSSR count). The maximum absolute atomic E-state index is 13.5. The van der Waals surface area contributed by atoms with Gasteiger partial charge in [-0.3, -0.25) is 14.0 Å². The average Bonchev–Trinajstić information content (AvgIpc) is 1.62. The first-order chi connectivity index (χ1) is 63.5. The van der Waals surface area contributed by atoms with Gasteiger partial charge in [0.05, 0.1) is 88.6 Å². The van der Waals surface area contributed by atoms with Gasteiger partial charge in [0.2, 0.25) is 0 Å². The largest absolute Gasteiger partial charge is 0.479 e. The highest BCUT2D eigenvalue weighted by molar-refractivity contribution is 9.10. The van der Waals surface area contributed by atoms with Crippen molar-refractivity contribution in [1.82, 2.24) is 54.1 Å². The molecule has 24 nitrogen and oxygen atoms in total. The Bertz CT molecular complexity index is 7100. The molecule has 0 radical (unpaired) electrons. The van der Waals surface area contributed by atoms with Crippen molar-refractivity contribution < 1.29 is 62.2 Å². The summed E-state index contributed by atoms with van der Waals surface area (Å²) in [6, 6.07) is 47.4. The second-order valence-corrected chi connectivity index (χ2v) is 44.1. The second kappa shape index (κ2) is 38.7. The van der Waals surface area contributed by atoms with Crippen molar-refractivity contribution in [1.29, 1.82) is 0 Å². The Morgan fingerprint density at radius 1 is 0.407 bits per heavy atom. The molecule has 3 atom stereocenters. The number of esters is 2. The Morgan fingerprint density at radius 3 is 0.985 bits per heavy atom. The molecule has 135 heavy (non-hydrogen) atoms. The number of aryl methyl sites for hydroxylation is 6. The molecule has 2 fully saturated rings. The molecule has 1 N–H and O–H groups in total. The van der Waals surface area contributed by atoms with Crippen molar-refractivity contribution in [2.24, 2.45) is 21.1 Å². The van der Waals surface area contributed by atoms with Gasteiger partial charge < -0.3 is 48.1 Å². The first-order valence-electron chi connectivity index (χ1n) is 44.7. The van der Waals surface area contributed by atoms with Crippen LogP contribution >= 0.6 is 84.7 Å². The van der Waals surface area contributed by atoms with Crippen LogP contribution in [0.5, 0.6) is 0 Å². The first kappa shape index (κ1) is 98.7. The number of carbonyl (C=O) groups is 5. The van der Waals surface area contributed by atoms with E-state index in [1.807, 2.05) is 251 Å². The molecule has 15 aromatic rings. The predicted octanol–water partition coefficient (Wildman–Crippen LogP) is 26.6. The lowest BCUT2D eigenvalue weighted by Gasteiger charge is -2.39. The van der Waals surface area contributed by atoms with Crippen LogP contribution in [0.15, 0.2) is 150 Å². The van der Waals surface area contributed by atoms with E-state index in [-0.39, 0.29) is 37.2 Å². The molecule has 2 amide bonds. The van der Waals surface area contributed by atoms with Crippen LogP contribution in [0.25, 0.3) is 128 Å². The highest BCUT2D eigenvalue weighted by atomic mass is 79.9. The Balaban J connectivity index is 0.000000155. The summed E-state index contributed by atoms with van der Waals surface area (Å²) < 4.78 is 50.3. The van der Waals surface area contributed by atoms with Crippen molar-refractivity contribution in [3.63, 3.8) is 0 Å². The number of rotatable bonds is 19. The van der Waals surface area contributed by atoms with E-state index in [1.54, 1.807) is 58.5 Å². The maximum atomic E-state index is 13.5. The number of hydrogen-bond acceptors (Lipinski definition) is 21. The lowest BCUT2D eigenvalue weighted by molar-refractivity contribution is -0.167. The summed E-state index contributed by atoms with van der Waals surface area (Å²) in [5.74, 6) is -1.71. The molecule has 706 valence electrons. The molecule has 2 aliphatic heterocycles. The standard InChI is InChI=1S/C38H43ClN4O5S.C36H39ClN4O5S.C30H29BrClN3O3S/c1-10-46-35(44)32(47-37(3,4)5)29-21(2)17-27-33(30(29)22-11-14-25(39)15-12-22)49-34(40-27)23-13-16-28-26(18-23)31(41-42(28)9)24-19-43(20-24)36(45)48-38(6,7)8;1-19-15-25-31(28(20-9-12-23(37)13-10-20)27(19)30(33(42)43)45-35(2,3)4)47-32(38-25)21-11-14-26-24(16-21)29(39-40(26)8)22-17-41(18-22)34(44)46-36(5,6)7;1-7-37-29(36)25(38-30(3,4)5)23-16(2)14-21-26(24(23)17-8-11-19(32)12-9-17)39-28(33-21)18-10-13-22-20(15-18)27(31)34-35(22)6/h11-18,24,32H,10,19-20H2,1-9H3;9-16,22,30H,17-18H2,1-8H3,(H,42,43);8-15,25H,7H2,1-6H3/t32-;30-;25-/m000/s1. The highest BCUT2D eigenvalue weighted by Crippen LogP contribution is 2.51. The molecule has 0 bridgehead atoms.